The van der Waals surface area contributed by atoms with Gasteiger partial charge in [0.05, 0.1) is 5.52 Å². The Morgan fingerprint density at radius 3 is 2.33 bits per heavy atom. The van der Waals surface area contributed by atoms with Crippen molar-refractivity contribution >= 4 is 16.7 Å². The van der Waals surface area contributed by atoms with Crippen LogP contribution < -0.4 is 5.32 Å². The SMILES string of the molecule is CCCNc1nc2cc(F)c(F)c(F)c2cc1C(C)(C)C. The first kappa shape index (κ1) is 15.6. The van der Waals surface area contributed by atoms with E-state index in [0.29, 0.717) is 12.4 Å². The van der Waals surface area contributed by atoms with Crippen molar-refractivity contribution in [3.8, 4) is 0 Å². The van der Waals surface area contributed by atoms with Crippen LogP contribution in [0.3, 0.4) is 0 Å². The van der Waals surface area contributed by atoms with Crippen LogP contribution in [-0.4, -0.2) is 11.5 Å². The molecule has 0 atom stereocenters. The monoisotopic (exact) mass is 296 g/mol. The first-order valence-electron chi connectivity index (χ1n) is 6.98. The molecule has 1 aromatic heterocycles. The molecule has 5 heteroatoms. The van der Waals surface area contributed by atoms with Gasteiger partial charge in [0.2, 0.25) is 0 Å². The molecule has 0 aliphatic carbocycles. The van der Waals surface area contributed by atoms with Crippen LogP contribution in [0.15, 0.2) is 12.1 Å². The van der Waals surface area contributed by atoms with Gasteiger partial charge in [-0.25, -0.2) is 18.2 Å². The van der Waals surface area contributed by atoms with E-state index in [-0.39, 0.29) is 16.3 Å². The molecule has 2 aromatic rings. The predicted octanol–water partition coefficient (Wildman–Crippen LogP) is 4.77. The number of hydrogen-bond acceptors (Lipinski definition) is 2. The zero-order valence-corrected chi connectivity index (χ0v) is 12.7. The lowest BCUT2D eigenvalue weighted by Crippen LogP contribution is -2.17. The average molecular weight is 296 g/mol. The number of pyridine rings is 1. The fourth-order valence-corrected chi connectivity index (χ4v) is 2.17. The molecule has 1 aromatic carbocycles. The third-order valence-electron chi connectivity index (χ3n) is 3.30. The Hall–Kier alpha value is -1.78. The summed E-state index contributed by atoms with van der Waals surface area (Å²) in [4.78, 5) is 4.28. The van der Waals surface area contributed by atoms with Crippen LogP contribution in [0, 0.1) is 17.5 Å². The topological polar surface area (TPSA) is 24.9 Å². The highest BCUT2D eigenvalue weighted by atomic mass is 19.2. The Labute approximate surface area is 122 Å². The van der Waals surface area contributed by atoms with Crippen LogP contribution in [0.2, 0.25) is 0 Å². The smallest absolute Gasteiger partial charge is 0.195 e. The molecule has 0 fully saturated rings. The van der Waals surface area contributed by atoms with Crippen molar-refractivity contribution in [2.24, 2.45) is 0 Å². The molecule has 0 saturated heterocycles. The van der Waals surface area contributed by atoms with Crippen molar-refractivity contribution in [1.82, 2.24) is 4.98 Å². The number of nitrogens with one attached hydrogen (secondary N) is 1. The van der Waals surface area contributed by atoms with Crippen molar-refractivity contribution in [1.29, 1.82) is 0 Å². The van der Waals surface area contributed by atoms with Crippen LogP contribution in [0.4, 0.5) is 19.0 Å². The van der Waals surface area contributed by atoms with Gasteiger partial charge in [0, 0.05) is 23.6 Å². The highest BCUT2D eigenvalue weighted by molar-refractivity contribution is 5.83. The van der Waals surface area contributed by atoms with E-state index in [2.05, 4.69) is 10.3 Å². The van der Waals surface area contributed by atoms with E-state index in [1.807, 2.05) is 27.7 Å². The zero-order valence-electron chi connectivity index (χ0n) is 12.7. The standard InChI is InChI=1S/C16H19F3N2/c1-5-6-20-15-10(16(2,3)4)7-9-12(21-15)8-11(17)14(19)13(9)18/h7-8H,5-6H2,1-4H3,(H,20,21). The molecular formula is C16H19F3N2. The second-order valence-electron chi connectivity index (χ2n) is 6.11. The number of aromatic nitrogens is 1. The zero-order chi connectivity index (χ0) is 15.8. The van der Waals surface area contributed by atoms with E-state index in [9.17, 15) is 13.2 Å². The van der Waals surface area contributed by atoms with E-state index < -0.39 is 17.5 Å². The minimum atomic E-state index is -1.46. The van der Waals surface area contributed by atoms with E-state index in [1.54, 1.807) is 6.07 Å². The largest absolute Gasteiger partial charge is 0.370 e. The molecule has 0 aliphatic rings. The summed E-state index contributed by atoms with van der Waals surface area (Å²) in [5.74, 6) is -3.29. The molecule has 0 amide bonds. The lowest BCUT2D eigenvalue weighted by atomic mass is 9.86. The Balaban J connectivity index is 2.74. The first-order valence-corrected chi connectivity index (χ1v) is 6.98. The number of nitrogens with zero attached hydrogens (tertiary/aromatic N) is 1. The quantitative estimate of drug-likeness (QED) is 0.825. The predicted molar refractivity (Wildman–Crippen MR) is 79.1 cm³/mol. The van der Waals surface area contributed by atoms with Gasteiger partial charge in [-0.3, -0.25) is 0 Å². The lowest BCUT2D eigenvalue weighted by molar-refractivity contribution is 0.453. The van der Waals surface area contributed by atoms with Crippen molar-refractivity contribution in [3.05, 3.63) is 35.1 Å². The molecule has 0 spiro atoms. The first-order chi connectivity index (χ1) is 9.75. The molecule has 114 valence electrons. The van der Waals surface area contributed by atoms with Gasteiger partial charge in [0.15, 0.2) is 17.5 Å². The molecule has 1 N–H and O–H groups in total. The molecule has 0 radical (unpaired) electrons. The summed E-state index contributed by atoms with van der Waals surface area (Å²) in [6, 6.07) is 2.48. The summed E-state index contributed by atoms with van der Waals surface area (Å²) in [7, 11) is 0. The van der Waals surface area contributed by atoms with E-state index in [1.165, 1.54) is 0 Å². The second kappa shape index (κ2) is 5.54. The number of anilines is 1. The summed E-state index contributed by atoms with van der Waals surface area (Å²) in [6.45, 7) is 8.60. The van der Waals surface area contributed by atoms with Gasteiger partial charge in [-0.05, 0) is 17.9 Å². The maximum absolute atomic E-state index is 13.9. The average Bonchev–Trinajstić information content (AvgIpc) is 2.40. The van der Waals surface area contributed by atoms with Gasteiger partial charge in [-0.2, -0.15) is 0 Å². The number of halogens is 3. The molecule has 0 saturated carbocycles. The van der Waals surface area contributed by atoms with Crippen LogP contribution in [0.5, 0.6) is 0 Å². The third kappa shape index (κ3) is 2.96. The van der Waals surface area contributed by atoms with E-state index in [4.69, 9.17) is 0 Å². The highest BCUT2D eigenvalue weighted by Gasteiger charge is 2.23. The normalized spacial score (nSPS) is 12.0. The summed E-state index contributed by atoms with van der Waals surface area (Å²) in [5.41, 5.74) is 0.584. The van der Waals surface area contributed by atoms with Crippen molar-refractivity contribution in [3.63, 3.8) is 0 Å². The molecule has 2 rings (SSSR count). The Bertz CT molecular complexity index is 676. The maximum atomic E-state index is 13.9. The minimum absolute atomic E-state index is 0.000809. The number of benzene rings is 1. The molecule has 2 nitrogen and oxygen atoms in total. The fourth-order valence-electron chi connectivity index (χ4n) is 2.17. The molecule has 21 heavy (non-hydrogen) atoms. The Morgan fingerprint density at radius 1 is 1.10 bits per heavy atom. The minimum Gasteiger partial charge on any atom is -0.370 e. The van der Waals surface area contributed by atoms with Gasteiger partial charge in [-0.15, -0.1) is 0 Å². The van der Waals surface area contributed by atoms with Gasteiger partial charge in [-0.1, -0.05) is 27.7 Å². The van der Waals surface area contributed by atoms with E-state index >= 15 is 0 Å². The molecule has 0 bridgehead atoms. The second-order valence-corrected chi connectivity index (χ2v) is 6.11. The van der Waals surface area contributed by atoms with Gasteiger partial charge in [0.1, 0.15) is 5.82 Å². The molecule has 1 heterocycles. The Kier molecular flexibility index (Phi) is 4.12. The van der Waals surface area contributed by atoms with Crippen molar-refractivity contribution in [2.45, 2.75) is 39.5 Å². The van der Waals surface area contributed by atoms with Crippen LogP contribution in [0.1, 0.15) is 39.7 Å². The summed E-state index contributed by atoms with van der Waals surface area (Å²) in [5, 5.41) is 3.17. The van der Waals surface area contributed by atoms with Crippen LogP contribution in [-0.2, 0) is 5.41 Å². The van der Waals surface area contributed by atoms with Crippen molar-refractivity contribution in [2.75, 3.05) is 11.9 Å². The van der Waals surface area contributed by atoms with Gasteiger partial charge in [0.25, 0.3) is 0 Å². The number of rotatable bonds is 3. The van der Waals surface area contributed by atoms with Gasteiger partial charge >= 0.3 is 0 Å². The highest BCUT2D eigenvalue weighted by Crippen LogP contribution is 2.33. The number of hydrogen-bond donors (Lipinski definition) is 1. The maximum Gasteiger partial charge on any atom is 0.195 e. The molecular weight excluding hydrogens is 277 g/mol. The fraction of sp³-hybridized carbons (Fsp3) is 0.438. The Morgan fingerprint density at radius 2 is 1.76 bits per heavy atom. The summed E-state index contributed by atoms with van der Waals surface area (Å²) in [6.07, 6.45) is 0.898. The summed E-state index contributed by atoms with van der Waals surface area (Å²) >= 11 is 0. The number of fused-ring (bicyclic) bond motifs is 1. The van der Waals surface area contributed by atoms with E-state index in [0.717, 1.165) is 18.1 Å². The van der Waals surface area contributed by atoms with Crippen molar-refractivity contribution < 1.29 is 13.2 Å². The van der Waals surface area contributed by atoms with Crippen LogP contribution in [0.25, 0.3) is 10.9 Å². The molecule has 0 aliphatic heterocycles. The van der Waals surface area contributed by atoms with Gasteiger partial charge < -0.3 is 5.32 Å². The summed E-state index contributed by atoms with van der Waals surface area (Å²) < 4.78 is 40.7. The lowest BCUT2D eigenvalue weighted by Gasteiger charge is -2.23. The third-order valence-corrected chi connectivity index (χ3v) is 3.30. The molecule has 0 unspecified atom stereocenters. The van der Waals surface area contributed by atoms with Crippen LogP contribution >= 0.6 is 0 Å².